The molecule has 0 aliphatic rings. The van der Waals surface area contributed by atoms with Crippen LogP contribution in [0.5, 0.6) is 5.75 Å². The van der Waals surface area contributed by atoms with E-state index < -0.39 is 0 Å². The van der Waals surface area contributed by atoms with Crippen LogP contribution in [-0.2, 0) is 6.42 Å². The van der Waals surface area contributed by atoms with Crippen LogP contribution in [0.2, 0.25) is 0 Å². The van der Waals surface area contributed by atoms with Gasteiger partial charge in [0.2, 0.25) is 0 Å². The molecule has 21 heavy (non-hydrogen) atoms. The second-order valence-electron chi connectivity index (χ2n) is 4.87. The molecule has 2 aromatic rings. The zero-order chi connectivity index (χ0) is 15.1. The van der Waals surface area contributed by atoms with Crippen LogP contribution in [0.15, 0.2) is 53.4 Å². The lowest BCUT2D eigenvalue weighted by atomic mass is 9.98. The monoisotopic (exact) mass is 301 g/mol. The van der Waals surface area contributed by atoms with Crippen molar-refractivity contribution < 1.29 is 4.74 Å². The van der Waals surface area contributed by atoms with E-state index in [0.717, 1.165) is 18.7 Å². The van der Waals surface area contributed by atoms with Gasteiger partial charge in [0.05, 0.1) is 7.11 Å². The van der Waals surface area contributed by atoms with Crippen molar-refractivity contribution in [3.8, 4) is 5.75 Å². The van der Waals surface area contributed by atoms with Crippen LogP contribution < -0.4 is 10.1 Å². The standard InChI is InChI=1S/C18H23NOS/c1-4-19-16(15-10-6-8-12-18(15)21-3)13-14-9-5-7-11-17(14)20-2/h5-12,16,19H,4,13H2,1-3H3. The fourth-order valence-corrected chi connectivity index (χ4v) is 3.24. The van der Waals surface area contributed by atoms with Gasteiger partial charge in [0.25, 0.3) is 0 Å². The highest BCUT2D eigenvalue weighted by Crippen LogP contribution is 2.30. The van der Waals surface area contributed by atoms with Crippen LogP contribution in [0, 0.1) is 0 Å². The van der Waals surface area contributed by atoms with Crippen molar-refractivity contribution in [1.82, 2.24) is 5.32 Å². The normalized spacial score (nSPS) is 12.1. The van der Waals surface area contributed by atoms with E-state index in [1.807, 2.05) is 12.1 Å². The lowest BCUT2D eigenvalue weighted by Gasteiger charge is -2.22. The Bertz CT molecular complexity index is 571. The summed E-state index contributed by atoms with van der Waals surface area (Å²) in [6.45, 7) is 3.10. The third kappa shape index (κ3) is 4.02. The summed E-state index contributed by atoms with van der Waals surface area (Å²) in [7, 11) is 1.73. The minimum absolute atomic E-state index is 0.301. The molecule has 0 spiro atoms. The molecule has 0 saturated heterocycles. The molecule has 2 nitrogen and oxygen atoms in total. The first-order chi connectivity index (χ1) is 10.3. The van der Waals surface area contributed by atoms with E-state index in [0.29, 0.717) is 6.04 Å². The molecule has 0 amide bonds. The molecule has 3 heteroatoms. The SMILES string of the molecule is CCNC(Cc1ccccc1OC)c1ccccc1SC. The molecule has 0 aliphatic heterocycles. The Balaban J connectivity index is 2.31. The van der Waals surface area contributed by atoms with E-state index in [9.17, 15) is 0 Å². The van der Waals surface area contributed by atoms with E-state index in [4.69, 9.17) is 4.74 Å². The minimum atomic E-state index is 0.301. The molecule has 0 fully saturated rings. The molecule has 0 bridgehead atoms. The Labute approximate surface area is 131 Å². The van der Waals surface area contributed by atoms with Crippen molar-refractivity contribution in [1.29, 1.82) is 0 Å². The fraction of sp³-hybridized carbons (Fsp3) is 0.333. The maximum Gasteiger partial charge on any atom is 0.122 e. The number of hydrogen-bond donors (Lipinski definition) is 1. The summed E-state index contributed by atoms with van der Waals surface area (Å²) < 4.78 is 5.48. The third-order valence-corrected chi connectivity index (χ3v) is 4.39. The number of benzene rings is 2. The van der Waals surface area contributed by atoms with Crippen molar-refractivity contribution in [2.45, 2.75) is 24.3 Å². The van der Waals surface area contributed by atoms with Crippen molar-refractivity contribution in [2.24, 2.45) is 0 Å². The lowest BCUT2D eigenvalue weighted by Crippen LogP contribution is -2.23. The van der Waals surface area contributed by atoms with Gasteiger partial charge in [0.15, 0.2) is 0 Å². The predicted octanol–water partition coefficient (Wildman–Crippen LogP) is 4.31. The maximum atomic E-state index is 5.48. The minimum Gasteiger partial charge on any atom is -0.496 e. The summed E-state index contributed by atoms with van der Waals surface area (Å²) in [6.07, 6.45) is 3.06. The predicted molar refractivity (Wildman–Crippen MR) is 91.3 cm³/mol. The van der Waals surface area contributed by atoms with Crippen molar-refractivity contribution in [3.63, 3.8) is 0 Å². The summed E-state index contributed by atoms with van der Waals surface area (Å²) >= 11 is 1.80. The van der Waals surface area contributed by atoms with Crippen LogP contribution in [0.3, 0.4) is 0 Å². The summed E-state index contributed by atoms with van der Waals surface area (Å²) in [6, 6.07) is 17.2. The highest BCUT2D eigenvalue weighted by molar-refractivity contribution is 7.98. The summed E-state index contributed by atoms with van der Waals surface area (Å²) in [5.41, 5.74) is 2.60. The number of rotatable bonds is 7. The fourth-order valence-electron chi connectivity index (χ4n) is 2.58. The first kappa shape index (κ1) is 15.9. The molecule has 0 radical (unpaired) electrons. The van der Waals surface area contributed by atoms with Crippen LogP contribution >= 0.6 is 11.8 Å². The van der Waals surface area contributed by atoms with Crippen LogP contribution in [0.25, 0.3) is 0 Å². The van der Waals surface area contributed by atoms with Crippen LogP contribution in [0.1, 0.15) is 24.1 Å². The number of para-hydroxylation sites is 1. The first-order valence-electron chi connectivity index (χ1n) is 7.28. The van der Waals surface area contributed by atoms with Gasteiger partial charge in [-0.25, -0.2) is 0 Å². The zero-order valence-electron chi connectivity index (χ0n) is 12.9. The molecule has 0 aliphatic carbocycles. The number of nitrogens with one attached hydrogen (secondary N) is 1. The van der Waals surface area contributed by atoms with Gasteiger partial charge in [-0.2, -0.15) is 0 Å². The average Bonchev–Trinajstić information content (AvgIpc) is 2.55. The number of thioether (sulfide) groups is 1. The molecule has 0 aromatic heterocycles. The Kier molecular flexibility index (Phi) is 6.15. The van der Waals surface area contributed by atoms with E-state index >= 15 is 0 Å². The number of hydrogen-bond acceptors (Lipinski definition) is 3. The smallest absolute Gasteiger partial charge is 0.122 e. The summed E-state index contributed by atoms with van der Waals surface area (Å²) in [4.78, 5) is 1.33. The second-order valence-corrected chi connectivity index (χ2v) is 5.72. The Hall–Kier alpha value is -1.45. The van der Waals surface area contributed by atoms with Gasteiger partial charge in [0.1, 0.15) is 5.75 Å². The Morgan fingerprint density at radius 3 is 2.52 bits per heavy atom. The van der Waals surface area contributed by atoms with E-state index in [2.05, 4.69) is 54.9 Å². The zero-order valence-corrected chi connectivity index (χ0v) is 13.7. The average molecular weight is 301 g/mol. The van der Waals surface area contributed by atoms with Gasteiger partial charge in [-0.15, -0.1) is 11.8 Å². The van der Waals surface area contributed by atoms with Gasteiger partial charge in [0, 0.05) is 10.9 Å². The third-order valence-electron chi connectivity index (χ3n) is 3.58. The van der Waals surface area contributed by atoms with Crippen LogP contribution in [-0.4, -0.2) is 19.9 Å². The Morgan fingerprint density at radius 1 is 1.10 bits per heavy atom. The number of methoxy groups -OCH3 is 1. The van der Waals surface area contributed by atoms with E-state index in [-0.39, 0.29) is 0 Å². The van der Waals surface area contributed by atoms with Gasteiger partial charge in [-0.3, -0.25) is 0 Å². The Morgan fingerprint density at radius 2 is 1.81 bits per heavy atom. The molecule has 0 heterocycles. The first-order valence-corrected chi connectivity index (χ1v) is 8.50. The lowest BCUT2D eigenvalue weighted by molar-refractivity contribution is 0.405. The summed E-state index contributed by atoms with van der Waals surface area (Å²) in [5, 5.41) is 3.60. The summed E-state index contributed by atoms with van der Waals surface area (Å²) in [5.74, 6) is 0.960. The van der Waals surface area contributed by atoms with Gasteiger partial charge >= 0.3 is 0 Å². The quantitative estimate of drug-likeness (QED) is 0.770. The van der Waals surface area contributed by atoms with Crippen LogP contribution in [0.4, 0.5) is 0 Å². The molecular formula is C18H23NOS. The molecule has 112 valence electrons. The molecule has 1 atom stereocenters. The van der Waals surface area contributed by atoms with Gasteiger partial charge in [-0.05, 0) is 42.5 Å². The number of ether oxygens (including phenoxy) is 1. The molecule has 1 unspecified atom stereocenters. The van der Waals surface area contributed by atoms with E-state index in [1.54, 1.807) is 18.9 Å². The van der Waals surface area contributed by atoms with Gasteiger partial charge < -0.3 is 10.1 Å². The highest BCUT2D eigenvalue weighted by Gasteiger charge is 2.16. The van der Waals surface area contributed by atoms with Crippen molar-refractivity contribution in [2.75, 3.05) is 19.9 Å². The molecule has 0 saturated carbocycles. The topological polar surface area (TPSA) is 21.3 Å². The molecule has 1 N–H and O–H groups in total. The second kappa shape index (κ2) is 8.11. The molecular weight excluding hydrogens is 278 g/mol. The number of likely N-dealkylation sites (N-methyl/N-ethyl adjacent to an activating group) is 1. The highest BCUT2D eigenvalue weighted by atomic mass is 32.2. The largest absolute Gasteiger partial charge is 0.496 e. The molecule has 2 rings (SSSR count). The van der Waals surface area contributed by atoms with Crippen molar-refractivity contribution >= 4 is 11.8 Å². The van der Waals surface area contributed by atoms with Crippen molar-refractivity contribution in [3.05, 3.63) is 59.7 Å². The maximum absolute atomic E-state index is 5.48. The van der Waals surface area contributed by atoms with E-state index in [1.165, 1.54) is 16.0 Å². The molecule has 2 aromatic carbocycles. The van der Waals surface area contributed by atoms with Gasteiger partial charge in [-0.1, -0.05) is 43.3 Å².